The summed E-state index contributed by atoms with van der Waals surface area (Å²) >= 11 is 5.05. The number of hydrogen-bond donors (Lipinski definition) is 0. The molecule has 0 unspecified atom stereocenters. The van der Waals surface area contributed by atoms with Crippen LogP contribution in [0.3, 0.4) is 0 Å². The van der Waals surface area contributed by atoms with Crippen molar-refractivity contribution in [1.29, 1.82) is 0 Å². The normalized spacial score (nSPS) is 9.69. The predicted molar refractivity (Wildman–Crippen MR) is 52.3 cm³/mol. The molecule has 0 amide bonds. The molecule has 0 saturated heterocycles. The number of hydrogen-bond acceptors (Lipinski definition) is 2. The molecule has 0 N–H and O–H groups in total. The van der Waals surface area contributed by atoms with Crippen molar-refractivity contribution in [3.63, 3.8) is 0 Å². The number of rotatable bonds is 3. The van der Waals surface area contributed by atoms with Gasteiger partial charge in [0.05, 0.1) is 0 Å². The van der Waals surface area contributed by atoms with Gasteiger partial charge in [0, 0.05) is 11.6 Å². The first-order valence-electron chi connectivity index (χ1n) is 4.18. The summed E-state index contributed by atoms with van der Waals surface area (Å²) in [6, 6.07) is 7.34. The highest BCUT2D eigenvalue weighted by atomic mass is 35.5. The van der Waals surface area contributed by atoms with E-state index in [4.69, 9.17) is 11.6 Å². The van der Waals surface area contributed by atoms with Crippen molar-refractivity contribution in [3.8, 4) is 5.75 Å². The average Bonchev–Trinajstić information content (AvgIpc) is 2.08. The number of halogens is 1. The van der Waals surface area contributed by atoms with Gasteiger partial charge in [-0.1, -0.05) is 25.5 Å². The molecule has 0 aromatic heterocycles. The Bertz CT molecular complexity index is 279. The second-order valence-corrected chi connectivity index (χ2v) is 3.04. The first-order chi connectivity index (χ1) is 6.22. The SMILES string of the molecule is CCCc1ccc(OC(=O)Cl)cc1. The van der Waals surface area contributed by atoms with Crippen LogP contribution in [-0.2, 0) is 6.42 Å². The molecule has 0 saturated carbocycles. The van der Waals surface area contributed by atoms with E-state index < -0.39 is 5.43 Å². The Morgan fingerprint density at radius 1 is 1.38 bits per heavy atom. The van der Waals surface area contributed by atoms with E-state index in [0.717, 1.165) is 12.8 Å². The van der Waals surface area contributed by atoms with Gasteiger partial charge in [0.1, 0.15) is 5.75 Å². The number of carbonyl (C=O) groups excluding carboxylic acids is 1. The first-order valence-corrected chi connectivity index (χ1v) is 4.56. The maximum absolute atomic E-state index is 10.4. The summed E-state index contributed by atoms with van der Waals surface area (Å²) in [7, 11) is 0. The minimum absolute atomic E-state index is 0.486. The number of ether oxygens (including phenoxy) is 1. The van der Waals surface area contributed by atoms with Crippen molar-refractivity contribution in [3.05, 3.63) is 29.8 Å². The minimum atomic E-state index is -0.803. The fourth-order valence-corrected chi connectivity index (χ4v) is 1.19. The van der Waals surface area contributed by atoms with Crippen LogP contribution in [0.5, 0.6) is 5.75 Å². The topological polar surface area (TPSA) is 26.3 Å². The van der Waals surface area contributed by atoms with Crippen LogP contribution in [0.15, 0.2) is 24.3 Å². The van der Waals surface area contributed by atoms with Crippen molar-refractivity contribution in [2.45, 2.75) is 19.8 Å². The van der Waals surface area contributed by atoms with Gasteiger partial charge in [-0.3, -0.25) is 0 Å². The number of carbonyl (C=O) groups is 1. The molecular formula is C10H11ClO2. The van der Waals surface area contributed by atoms with Crippen molar-refractivity contribution in [2.24, 2.45) is 0 Å². The lowest BCUT2D eigenvalue weighted by Crippen LogP contribution is -1.95. The molecule has 0 atom stereocenters. The molecule has 1 rings (SSSR count). The van der Waals surface area contributed by atoms with E-state index in [1.165, 1.54) is 5.56 Å². The molecule has 3 heteroatoms. The van der Waals surface area contributed by atoms with Gasteiger partial charge in [0.25, 0.3) is 0 Å². The van der Waals surface area contributed by atoms with Crippen LogP contribution in [0.4, 0.5) is 4.79 Å². The molecule has 0 radical (unpaired) electrons. The largest absolute Gasteiger partial charge is 0.415 e. The zero-order chi connectivity index (χ0) is 9.68. The Morgan fingerprint density at radius 3 is 2.46 bits per heavy atom. The second-order valence-electron chi connectivity index (χ2n) is 2.73. The van der Waals surface area contributed by atoms with Crippen LogP contribution in [0, 0.1) is 0 Å². The van der Waals surface area contributed by atoms with Crippen LogP contribution in [0.1, 0.15) is 18.9 Å². The Labute approximate surface area is 82.5 Å². The minimum Gasteiger partial charge on any atom is -0.415 e. The van der Waals surface area contributed by atoms with Crippen LogP contribution in [0.25, 0.3) is 0 Å². The Kier molecular flexibility index (Phi) is 3.77. The summed E-state index contributed by atoms with van der Waals surface area (Å²) in [5.74, 6) is 0.486. The average molecular weight is 199 g/mol. The molecular weight excluding hydrogens is 188 g/mol. The van der Waals surface area contributed by atoms with Gasteiger partial charge in [-0.2, -0.15) is 0 Å². The van der Waals surface area contributed by atoms with E-state index in [-0.39, 0.29) is 0 Å². The van der Waals surface area contributed by atoms with E-state index in [2.05, 4.69) is 11.7 Å². The van der Waals surface area contributed by atoms with Crippen LogP contribution < -0.4 is 4.74 Å². The third-order valence-electron chi connectivity index (χ3n) is 1.66. The van der Waals surface area contributed by atoms with E-state index in [9.17, 15) is 4.79 Å². The fraction of sp³-hybridized carbons (Fsp3) is 0.300. The zero-order valence-electron chi connectivity index (χ0n) is 7.42. The molecule has 0 aliphatic rings. The number of aryl methyl sites for hydroxylation is 1. The summed E-state index contributed by atoms with van der Waals surface area (Å²) in [5, 5.41) is 0. The lowest BCUT2D eigenvalue weighted by Gasteiger charge is -2.01. The van der Waals surface area contributed by atoms with Gasteiger partial charge in [0.15, 0.2) is 0 Å². The highest BCUT2D eigenvalue weighted by Gasteiger charge is 1.98. The van der Waals surface area contributed by atoms with Gasteiger partial charge in [-0.25, -0.2) is 4.79 Å². The highest BCUT2D eigenvalue weighted by molar-refractivity contribution is 6.61. The summed E-state index contributed by atoms with van der Waals surface area (Å²) in [5.41, 5.74) is 0.431. The third kappa shape index (κ3) is 3.47. The predicted octanol–water partition coefficient (Wildman–Crippen LogP) is 3.38. The van der Waals surface area contributed by atoms with Crippen LogP contribution >= 0.6 is 11.6 Å². The first kappa shape index (κ1) is 10.1. The maximum Gasteiger partial charge on any atom is 0.409 e. The molecule has 70 valence electrons. The third-order valence-corrected chi connectivity index (χ3v) is 1.74. The molecule has 0 aliphatic carbocycles. The van der Waals surface area contributed by atoms with E-state index in [0.29, 0.717) is 5.75 Å². The Morgan fingerprint density at radius 2 is 2.00 bits per heavy atom. The fourth-order valence-electron chi connectivity index (χ4n) is 1.11. The molecule has 1 aromatic carbocycles. The van der Waals surface area contributed by atoms with Gasteiger partial charge in [0.2, 0.25) is 0 Å². The number of benzene rings is 1. The van der Waals surface area contributed by atoms with Crippen LogP contribution in [0.2, 0.25) is 0 Å². The van der Waals surface area contributed by atoms with Crippen molar-refractivity contribution in [2.75, 3.05) is 0 Å². The van der Waals surface area contributed by atoms with Gasteiger partial charge < -0.3 is 4.74 Å². The molecule has 0 heterocycles. The quantitative estimate of drug-likeness (QED) is 0.696. The summed E-state index contributed by atoms with van der Waals surface area (Å²) in [4.78, 5) is 10.4. The molecule has 0 bridgehead atoms. The van der Waals surface area contributed by atoms with Gasteiger partial charge in [-0.15, -0.1) is 0 Å². The lowest BCUT2D eigenvalue weighted by atomic mass is 10.1. The molecule has 1 aromatic rings. The monoisotopic (exact) mass is 198 g/mol. The standard InChI is InChI=1S/C10H11ClO2/c1-2-3-8-4-6-9(7-5-8)13-10(11)12/h4-7H,2-3H2,1H3. The summed E-state index contributed by atoms with van der Waals surface area (Å²) < 4.78 is 4.67. The van der Waals surface area contributed by atoms with Gasteiger partial charge in [-0.05, 0) is 24.1 Å². The second kappa shape index (κ2) is 4.87. The smallest absolute Gasteiger partial charge is 0.409 e. The van der Waals surface area contributed by atoms with Crippen molar-refractivity contribution < 1.29 is 9.53 Å². The Hall–Kier alpha value is -1.02. The summed E-state index contributed by atoms with van der Waals surface area (Å²) in [6.07, 6.45) is 2.14. The highest BCUT2D eigenvalue weighted by Crippen LogP contribution is 2.14. The Balaban J connectivity index is 2.64. The van der Waals surface area contributed by atoms with Gasteiger partial charge >= 0.3 is 5.43 Å². The molecule has 2 nitrogen and oxygen atoms in total. The molecule has 0 aliphatic heterocycles. The van der Waals surface area contributed by atoms with Crippen LogP contribution in [-0.4, -0.2) is 5.43 Å². The maximum atomic E-state index is 10.4. The van der Waals surface area contributed by atoms with E-state index in [1.54, 1.807) is 12.1 Å². The van der Waals surface area contributed by atoms with Crippen molar-refractivity contribution in [1.82, 2.24) is 0 Å². The molecule has 0 fully saturated rings. The lowest BCUT2D eigenvalue weighted by molar-refractivity contribution is 0.225. The summed E-state index contributed by atoms with van der Waals surface area (Å²) in [6.45, 7) is 2.12. The zero-order valence-corrected chi connectivity index (χ0v) is 8.17. The van der Waals surface area contributed by atoms with Crippen molar-refractivity contribution >= 4 is 17.0 Å². The molecule has 13 heavy (non-hydrogen) atoms. The molecule has 0 spiro atoms. The van der Waals surface area contributed by atoms with E-state index in [1.807, 2.05) is 12.1 Å². The van der Waals surface area contributed by atoms with E-state index >= 15 is 0 Å².